The van der Waals surface area contributed by atoms with E-state index in [0.717, 1.165) is 0 Å². The van der Waals surface area contributed by atoms with Gasteiger partial charge in [-0.05, 0) is 19.3 Å². The van der Waals surface area contributed by atoms with Gasteiger partial charge in [-0.3, -0.25) is 14.9 Å². The number of carbonyl (C=O) groups is 1. The van der Waals surface area contributed by atoms with Gasteiger partial charge in [-0.25, -0.2) is 0 Å². The molecule has 1 amide bonds. The molecule has 1 rings (SSSR count). The molecule has 0 aliphatic rings. The Kier molecular flexibility index (Phi) is 6.30. The van der Waals surface area contributed by atoms with Crippen molar-refractivity contribution in [1.29, 1.82) is 0 Å². The van der Waals surface area contributed by atoms with Crippen LogP contribution in [-0.2, 0) is 11.2 Å². The predicted molar refractivity (Wildman–Crippen MR) is 81.9 cm³/mol. The molecular formula is C15H23N3O3. The van der Waals surface area contributed by atoms with E-state index in [1.165, 1.54) is 6.07 Å². The van der Waals surface area contributed by atoms with Crippen LogP contribution in [0.4, 0.5) is 5.69 Å². The SMILES string of the molecule is CCC(CC)(CN)C(=O)NCCc1ccccc1[N+](=O)[O-]. The molecule has 21 heavy (non-hydrogen) atoms. The van der Waals surface area contributed by atoms with Crippen molar-refractivity contribution in [2.45, 2.75) is 33.1 Å². The molecule has 0 saturated carbocycles. The number of rotatable bonds is 8. The zero-order chi connectivity index (χ0) is 15.9. The predicted octanol–water partition coefficient (Wildman–Crippen LogP) is 2.02. The van der Waals surface area contributed by atoms with Gasteiger partial charge in [0.05, 0.1) is 10.3 Å². The normalized spacial score (nSPS) is 11.2. The molecule has 116 valence electrons. The third-order valence-electron chi connectivity index (χ3n) is 4.09. The molecule has 6 nitrogen and oxygen atoms in total. The number of nitrogens with zero attached hydrogens (tertiary/aromatic N) is 1. The molecule has 0 fully saturated rings. The second-order valence-electron chi connectivity index (χ2n) is 5.08. The minimum absolute atomic E-state index is 0.0754. The number of benzene rings is 1. The fourth-order valence-electron chi connectivity index (χ4n) is 2.35. The highest BCUT2D eigenvalue weighted by atomic mass is 16.6. The summed E-state index contributed by atoms with van der Waals surface area (Å²) < 4.78 is 0. The minimum atomic E-state index is -0.539. The minimum Gasteiger partial charge on any atom is -0.355 e. The summed E-state index contributed by atoms with van der Waals surface area (Å²) in [5.41, 5.74) is 5.89. The zero-order valence-electron chi connectivity index (χ0n) is 12.6. The Hall–Kier alpha value is -1.95. The van der Waals surface area contributed by atoms with E-state index in [9.17, 15) is 14.9 Å². The van der Waals surface area contributed by atoms with Gasteiger partial charge in [-0.2, -0.15) is 0 Å². The summed E-state index contributed by atoms with van der Waals surface area (Å²) in [6.45, 7) is 4.55. The van der Waals surface area contributed by atoms with E-state index in [2.05, 4.69) is 5.32 Å². The van der Waals surface area contributed by atoms with Crippen LogP contribution in [-0.4, -0.2) is 23.9 Å². The molecular weight excluding hydrogens is 270 g/mol. The van der Waals surface area contributed by atoms with Crippen molar-refractivity contribution in [1.82, 2.24) is 5.32 Å². The molecule has 1 aromatic rings. The number of amides is 1. The highest BCUT2D eigenvalue weighted by Crippen LogP contribution is 2.25. The van der Waals surface area contributed by atoms with E-state index in [0.29, 0.717) is 37.9 Å². The Balaban J connectivity index is 2.66. The average molecular weight is 293 g/mol. The summed E-state index contributed by atoms with van der Waals surface area (Å²) in [6, 6.07) is 6.57. The number of nitro groups is 1. The van der Waals surface area contributed by atoms with Crippen molar-refractivity contribution >= 4 is 11.6 Å². The standard InChI is InChI=1S/C15H23N3O3/c1-3-15(4-2,11-16)14(19)17-10-9-12-7-5-6-8-13(12)18(20)21/h5-8H,3-4,9-11,16H2,1-2H3,(H,17,19). The molecule has 1 aromatic carbocycles. The van der Waals surface area contributed by atoms with Gasteiger partial charge < -0.3 is 11.1 Å². The fraction of sp³-hybridized carbons (Fsp3) is 0.533. The number of carbonyl (C=O) groups excluding carboxylic acids is 1. The third kappa shape index (κ3) is 4.01. The Morgan fingerprint density at radius 3 is 2.48 bits per heavy atom. The lowest BCUT2D eigenvalue weighted by Crippen LogP contribution is -2.45. The van der Waals surface area contributed by atoms with Gasteiger partial charge in [0.2, 0.25) is 5.91 Å². The highest BCUT2D eigenvalue weighted by Gasteiger charge is 2.32. The van der Waals surface area contributed by atoms with Crippen molar-refractivity contribution in [3.8, 4) is 0 Å². The van der Waals surface area contributed by atoms with Crippen LogP contribution in [0.1, 0.15) is 32.3 Å². The first kappa shape index (κ1) is 17.1. The van der Waals surface area contributed by atoms with Crippen LogP contribution >= 0.6 is 0 Å². The van der Waals surface area contributed by atoms with Gasteiger partial charge in [-0.1, -0.05) is 32.0 Å². The molecule has 6 heteroatoms. The van der Waals surface area contributed by atoms with Crippen molar-refractivity contribution < 1.29 is 9.72 Å². The van der Waals surface area contributed by atoms with Crippen molar-refractivity contribution in [3.05, 3.63) is 39.9 Å². The summed E-state index contributed by atoms with van der Waals surface area (Å²) in [5, 5.41) is 13.8. The molecule has 0 heterocycles. The molecule has 0 atom stereocenters. The Labute approximate surface area is 124 Å². The summed E-state index contributed by atoms with van der Waals surface area (Å²) in [4.78, 5) is 22.8. The number of nitro benzene ring substituents is 1. The third-order valence-corrected chi connectivity index (χ3v) is 4.09. The Morgan fingerprint density at radius 2 is 1.95 bits per heavy atom. The van der Waals surface area contributed by atoms with Crippen LogP contribution in [0, 0.1) is 15.5 Å². The maximum absolute atomic E-state index is 12.2. The van der Waals surface area contributed by atoms with Gasteiger partial charge in [0.15, 0.2) is 0 Å². The summed E-state index contributed by atoms with van der Waals surface area (Å²) in [6.07, 6.45) is 1.78. The number of para-hydroxylation sites is 1. The lowest BCUT2D eigenvalue weighted by Gasteiger charge is -2.28. The maximum atomic E-state index is 12.2. The number of hydrogen-bond donors (Lipinski definition) is 2. The van der Waals surface area contributed by atoms with E-state index in [1.54, 1.807) is 18.2 Å². The van der Waals surface area contributed by atoms with Gasteiger partial charge in [0, 0.05) is 24.7 Å². The van der Waals surface area contributed by atoms with Crippen LogP contribution in [0.15, 0.2) is 24.3 Å². The van der Waals surface area contributed by atoms with E-state index in [-0.39, 0.29) is 11.6 Å². The van der Waals surface area contributed by atoms with Crippen LogP contribution in [0.5, 0.6) is 0 Å². The molecule has 0 radical (unpaired) electrons. The zero-order valence-corrected chi connectivity index (χ0v) is 12.6. The molecule has 0 bridgehead atoms. The molecule has 0 aliphatic heterocycles. The smallest absolute Gasteiger partial charge is 0.272 e. The largest absolute Gasteiger partial charge is 0.355 e. The first-order valence-corrected chi connectivity index (χ1v) is 7.21. The van der Waals surface area contributed by atoms with Crippen LogP contribution < -0.4 is 11.1 Å². The van der Waals surface area contributed by atoms with E-state index in [1.807, 2.05) is 13.8 Å². The average Bonchev–Trinajstić information content (AvgIpc) is 2.50. The van der Waals surface area contributed by atoms with Crippen molar-refractivity contribution in [2.75, 3.05) is 13.1 Å². The van der Waals surface area contributed by atoms with Gasteiger partial charge in [0.25, 0.3) is 5.69 Å². The molecule has 0 aliphatic carbocycles. The molecule has 0 saturated heterocycles. The summed E-state index contributed by atoms with van der Waals surface area (Å²) in [7, 11) is 0. The second-order valence-corrected chi connectivity index (χ2v) is 5.08. The Bertz CT molecular complexity index is 490. The highest BCUT2D eigenvalue weighted by molar-refractivity contribution is 5.82. The van der Waals surface area contributed by atoms with Gasteiger partial charge >= 0.3 is 0 Å². The lowest BCUT2D eigenvalue weighted by molar-refractivity contribution is -0.385. The second kappa shape index (κ2) is 7.73. The van der Waals surface area contributed by atoms with Crippen LogP contribution in [0.3, 0.4) is 0 Å². The summed E-state index contributed by atoms with van der Waals surface area (Å²) >= 11 is 0. The van der Waals surface area contributed by atoms with Crippen LogP contribution in [0.2, 0.25) is 0 Å². The molecule has 3 N–H and O–H groups in total. The van der Waals surface area contributed by atoms with E-state index >= 15 is 0 Å². The topological polar surface area (TPSA) is 98.3 Å². The number of hydrogen-bond acceptors (Lipinski definition) is 4. The monoisotopic (exact) mass is 293 g/mol. The number of nitrogens with one attached hydrogen (secondary N) is 1. The molecule has 0 aromatic heterocycles. The van der Waals surface area contributed by atoms with Gasteiger partial charge in [-0.15, -0.1) is 0 Å². The van der Waals surface area contributed by atoms with Crippen molar-refractivity contribution in [2.24, 2.45) is 11.1 Å². The Morgan fingerprint density at radius 1 is 1.33 bits per heavy atom. The first-order valence-electron chi connectivity index (χ1n) is 7.21. The number of nitrogens with two attached hydrogens (primary N) is 1. The molecule has 0 unspecified atom stereocenters. The van der Waals surface area contributed by atoms with Gasteiger partial charge in [0.1, 0.15) is 0 Å². The summed E-state index contributed by atoms with van der Waals surface area (Å²) in [5.74, 6) is -0.0754. The van der Waals surface area contributed by atoms with Crippen LogP contribution in [0.25, 0.3) is 0 Å². The molecule has 0 spiro atoms. The maximum Gasteiger partial charge on any atom is 0.272 e. The first-order chi connectivity index (χ1) is 10.0. The van der Waals surface area contributed by atoms with Crippen molar-refractivity contribution in [3.63, 3.8) is 0 Å². The lowest BCUT2D eigenvalue weighted by atomic mass is 9.81. The quantitative estimate of drug-likeness (QED) is 0.566. The van der Waals surface area contributed by atoms with E-state index in [4.69, 9.17) is 5.73 Å². The van der Waals surface area contributed by atoms with E-state index < -0.39 is 10.3 Å². The fourth-order valence-corrected chi connectivity index (χ4v) is 2.35.